The molecule has 4 rings (SSSR count). The second-order valence-electron chi connectivity index (χ2n) is 6.35. The van der Waals surface area contributed by atoms with Crippen molar-refractivity contribution < 1.29 is 9.15 Å². The molecule has 0 fully saturated rings. The minimum Gasteiger partial charge on any atom is -0.464 e. The Morgan fingerprint density at radius 2 is 2.20 bits per heavy atom. The van der Waals surface area contributed by atoms with Crippen molar-refractivity contribution in [2.45, 2.75) is 20.4 Å². The van der Waals surface area contributed by atoms with Gasteiger partial charge in [0.15, 0.2) is 5.65 Å². The summed E-state index contributed by atoms with van der Waals surface area (Å²) in [5, 5.41) is 5.13. The largest absolute Gasteiger partial charge is 0.464 e. The Morgan fingerprint density at radius 1 is 1.28 bits per heavy atom. The van der Waals surface area contributed by atoms with E-state index in [2.05, 4.69) is 29.1 Å². The third-order valence-corrected chi connectivity index (χ3v) is 4.73. The van der Waals surface area contributed by atoms with Gasteiger partial charge in [0.2, 0.25) is 0 Å². The van der Waals surface area contributed by atoms with Crippen molar-refractivity contribution in [1.82, 2.24) is 15.3 Å². The summed E-state index contributed by atoms with van der Waals surface area (Å²) in [5.41, 5.74) is 2.68. The van der Waals surface area contributed by atoms with Crippen LogP contribution in [0.3, 0.4) is 0 Å². The molecular formula is C19H19N3O2S. The van der Waals surface area contributed by atoms with Gasteiger partial charge in [-0.15, -0.1) is 0 Å². The van der Waals surface area contributed by atoms with Gasteiger partial charge in [0.1, 0.15) is 11.3 Å². The highest BCUT2D eigenvalue weighted by molar-refractivity contribution is 7.20. The topological polar surface area (TPSA) is 60.2 Å². The Balaban J connectivity index is 1.53. The molecule has 0 bridgehead atoms. The van der Waals surface area contributed by atoms with E-state index in [9.17, 15) is 0 Å². The lowest BCUT2D eigenvalue weighted by Crippen LogP contribution is -2.18. The maximum atomic E-state index is 5.89. The molecule has 0 spiro atoms. The van der Waals surface area contributed by atoms with E-state index < -0.39 is 0 Å². The van der Waals surface area contributed by atoms with Crippen molar-refractivity contribution in [2.24, 2.45) is 5.92 Å². The second-order valence-corrected chi connectivity index (χ2v) is 7.34. The maximum Gasteiger partial charge on any atom is 0.281 e. The van der Waals surface area contributed by atoms with Gasteiger partial charge in [-0.05, 0) is 36.7 Å². The number of nitrogens with zero attached hydrogens (tertiary/aromatic N) is 2. The predicted octanol–water partition coefficient (Wildman–Crippen LogP) is 4.98. The van der Waals surface area contributed by atoms with Crippen LogP contribution >= 0.6 is 11.3 Å². The third kappa shape index (κ3) is 3.50. The molecule has 1 N–H and O–H groups in total. The Bertz CT molecular complexity index is 973. The first-order chi connectivity index (χ1) is 12.2. The molecule has 0 aliphatic carbocycles. The van der Waals surface area contributed by atoms with Crippen LogP contribution in [0.15, 0.2) is 47.2 Å². The fourth-order valence-electron chi connectivity index (χ4n) is 2.65. The summed E-state index contributed by atoms with van der Waals surface area (Å²) in [6.45, 7) is 6.18. The highest BCUT2D eigenvalue weighted by Crippen LogP contribution is 2.32. The van der Waals surface area contributed by atoms with Gasteiger partial charge in [-0.1, -0.05) is 25.2 Å². The molecule has 0 amide bonds. The van der Waals surface area contributed by atoms with E-state index >= 15 is 0 Å². The highest BCUT2D eigenvalue weighted by Gasteiger charge is 2.10. The van der Waals surface area contributed by atoms with Crippen LogP contribution in [0, 0.1) is 5.92 Å². The van der Waals surface area contributed by atoms with Crippen LogP contribution in [-0.4, -0.2) is 16.5 Å². The molecule has 4 aromatic rings. The molecule has 6 heteroatoms. The number of thiazole rings is 1. The Labute approximate surface area is 149 Å². The van der Waals surface area contributed by atoms with Crippen LogP contribution in [0.1, 0.15) is 19.4 Å². The zero-order chi connectivity index (χ0) is 17.2. The van der Waals surface area contributed by atoms with Crippen molar-refractivity contribution in [3.05, 3.63) is 48.4 Å². The first-order valence-corrected chi connectivity index (χ1v) is 9.11. The van der Waals surface area contributed by atoms with Gasteiger partial charge >= 0.3 is 0 Å². The SMILES string of the molecule is CC(C)CNCc1coc2cc(Oc3nc4ncccc4s3)ccc12. The van der Waals surface area contributed by atoms with E-state index in [1.165, 1.54) is 11.3 Å². The van der Waals surface area contributed by atoms with Crippen molar-refractivity contribution >= 4 is 32.7 Å². The van der Waals surface area contributed by atoms with Crippen molar-refractivity contribution in [1.29, 1.82) is 0 Å². The van der Waals surface area contributed by atoms with E-state index in [0.29, 0.717) is 22.5 Å². The molecule has 3 heterocycles. The summed E-state index contributed by atoms with van der Waals surface area (Å²) in [6, 6.07) is 9.77. The van der Waals surface area contributed by atoms with Crippen molar-refractivity contribution in [2.75, 3.05) is 6.54 Å². The average molecular weight is 353 g/mol. The van der Waals surface area contributed by atoms with Crippen LogP contribution in [0.25, 0.3) is 21.3 Å². The average Bonchev–Trinajstić information content (AvgIpc) is 3.18. The monoisotopic (exact) mass is 353 g/mol. The van der Waals surface area contributed by atoms with Crippen LogP contribution in [0.2, 0.25) is 0 Å². The summed E-state index contributed by atoms with van der Waals surface area (Å²) in [6.07, 6.45) is 3.54. The fraction of sp³-hybridized carbons (Fsp3) is 0.263. The number of rotatable bonds is 6. The number of benzene rings is 1. The minimum atomic E-state index is 0.582. The second kappa shape index (κ2) is 6.82. The van der Waals surface area contributed by atoms with Crippen molar-refractivity contribution in [3.63, 3.8) is 0 Å². The van der Waals surface area contributed by atoms with E-state index in [1.807, 2.05) is 36.6 Å². The summed E-state index contributed by atoms with van der Waals surface area (Å²) in [4.78, 5) is 8.63. The van der Waals surface area contributed by atoms with Gasteiger partial charge in [0, 0.05) is 29.8 Å². The molecule has 0 unspecified atom stereocenters. The van der Waals surface area contributed by atoms with E-state index in [0.717, 1.165) is 34.3 Å². The van der Waals surface area contributed by atoms with Crippen LogP contribution in [0.4, 0.5) is 0 Å². The molecule has 0 aliphatic heterocycles. The first-order valence-electron chi connectivity index (χ1n) is 8.29. The smallest absolute Gasteiger partial charge is 0.281 e. The minimum absolute atomic E-state index is 0.582. The third-order valence-electron chi connectivity index (χ3n) is 3.85. The first kappa shape index (κ1) is 16.1. The molecule has 128 valence electrons. The molecule has 1 aromatic carbocycles. The van der Waals surface area contributed by atoms with E-state index in [-0.39, 0.29) is 0 Å². The van der Waals surface area contributed by atoms with Crippen LogP contribution < -0.4 is 10.1 Å². The molecule has 5 nitrogen and oxygen atoms in total. The Kier molecular flexibility index (Phi) is 4.38. The zero-order valence-corrected chi connectivity index (χ0v) is 15.0. The normalized spacial score (nSPS) is 11.6. The number of pyridine rings is 1. The van der Waals surface area contributed by atoms with Gasteiger partial charge < -0.3 is 14.5 Å². The van der Waals surface area contributed by atoms with Gasteiger partial charge in [-0.25, -0.2) is 4.98 Å². The summed E-state index contributed by atoms with van der Waals surface area (Å²) < 4.78 is 12.6. The number of furan rings is 1. The number of nitrogens with one attached hydrogen (secondary N) is 1. The number of hydrogen-bond acceptors (Lipinski definition) is 6. The van der Waals surface area contributed by atoms with E-state index in [1.54, 1.807) is 6.20 Å². The number of ether oxygens (including phenoxy) is 1. The lowest BCUT2D eigenvalue weighted by atomic mass is 10.1. The molecule has 0 radical (unpaired) electrons. The van der Waals surface area contributed by atoms with Crippen LogP contribution in [-0.2, 0) is 6.54 Å². The predicted molar refractivity (Wildman–Crippen MR) is 100 cm³/mol. The van der Waals surface area contributed by atoms with Crippen LogP contribution in [0.5, 0.6) is 10.9 Å². The summed E-state index contributed by atoms with van der Waals surface area (Å²) in [5.74, 6) is 1.34. The van der Waals surface area contributed by atoms with Gasteiger partial charge in [-0.2, -0.15) is 4.98 Å². The molecule has 0 saturated carbocycles. The number of fused-ring (bicyclic) bond motifs is 2. The lowest BCUT2D eigenvalue weighted by Gasteiger charge is -2.06. The zero-order valence-electron chi connectivity index (χ0n) is 14.2. The fourth-order valence-corrected chi connectivity index (χ4v) is 3.45. The summed E-state index contributed by atoms with van der Waals surface area (Å²) >= 11 is 1.48. The molecule has 25 heavy (non-hydrogen) atoms. The number of aromatic nitrogens is 2. The number of hydrogen-bond donors (Lipinski definition) is 1. The van der Waals surface area contributed by atoms with Crippen molar-refractivity contribution in [3.8, 4) is 10.9 Å². The Hall–Kier alpha value is -2.44. The maximum absolute atomic E-state index is 5.89. The van der Waals surface area contributed by atoms with Gasteiger partial charge in [-0.3, -0.25) is 0 Å². The molecule has 0 atom stereocenters. The molecular weight excluding hydrogens is 334 g/mol. The van der Waals surface area contributed by atoms with Gasteiger partial charge in [0.05, 0.1) is 11.0 Å². The standard InChI is InChI=1S/C19H19N3O2S/c1-12(2)9-20-10-13-11-23-16-8-14(5-6-15(13)16)24-19-22-18-17(25-19)4-3-7-21-18/h3-8,11-12,20H,9-10H2,1-2H3. The van der Waals surface area contributed by atoms with Gasteiger partial charge in [0.25, 0.3) is 5.19 Å². The molecule has 0 aliphatic rings. The summed E-state index contributed by atoms with van der Waals surface area (Å²) in [7, 11) is 0. The molecule has 0 saturated heterocycles. The van der Waals surface area contributed by atoms with E-state index in [4.69, 9.17) is 9.15 Å². The lowest BCUT2D eigenvalue weighted by molar-refractivity contribution is 0.479. The quantitative estimate of drug-likeness (QED) is 0.530. The molecule has 3 aromatic heterocycles. The highest BCUT2D eigenvalue weighted by atomic mass is 32.1. The Morgan fingerprint density at radius 3 is 3.04 bits per heavy atom.